The Balaban J connectivity index is 2.57. The Bertz CT molecular complexity index is 99.1. The number of hydrogen-bond acceptors (Lipinski definition) is 2. The van der Waals surface area contributed by atoms with Gasteiger partial charge in [0.15, 0.2) is 0 Å². The summed E-state index contributed by atoms with van der Waals surface area (Å²) in [6, 6.07) is 0. The van der Waals surface area contributed by atoms with Crippen molar-refractivity contribution in [3.05, 3.63) is 0 Å². The molecule has 0 spiro atoms. The zero-order chi connectivity index (χ0) is 5.33. The highest BCUT2D eigenvalue weighted by Gasteiger charge is 2.28. The van der Waals surface area contributed by atoms with Crippen LogP contribution in [0.25, 0.3) is 0 Å². The summed E-state index contributed by atoms with van der Waals surface area (Å²) in [4.78, 5) is 2.80. The molecule has 0 bridgehead atoms. The molecule has 0 fully saturated rings. The lowest BCUT2D eigenvalue weighted by Crippen LogP contribution is -2.28. The van der Waals surface area contributed by atoms with Crippen LogP contribution in [-0.2, 0) is 0 Å². The fourth-order valence-corrected chi connectivity index (χ4v) is 0.374. The van der Waals surface area contributed by atoms with E-state index in [1.54, 1.807) is 0 Å². The molecule has 0 aromatic carbocycles. The van der Waals surface area contributed by atoms with Crippen molar-refractivity contribution in [1.29, 1.82) is 0 Å². The first-order valence-corrected chi connectivity index (χ1v) is 1.87. The predicted octanol–water partition coefficient (Wildman–Crippen LogP) is 0.211. The van der Waals surface area contributed by atoms with Crippen molar-refractivity contribution in [2.45, 2.75) is 6.17 Å². The molecule has 0 aromatic heterocycles. The molecule has 0 radical (unpaired) electrons. The standard InChI is InChI=1S/C3H4F2N2/c4-3(5)6-1-2-7-3/h1,7H,2H2. The molecule has 0 aromatic rings. The van der Waals surface area contributed by atoms with Crippen LogP contribution in [0.1, 0.15) is 0 Å². The van der Waals surface area contributed by atoms with Gasteiger partial charge < -0.3 is 0 Å². The highest BCUT2D eigenvalue weighted by molar-refractivity contribution is 5.62. The largest absolute Gasteiger partial charge is 0.405 e. The van der Waals surface area contributed by atoms with E-state index in [0.29, 0.717) is 0 Å². The van der Waals surface area contributed by atoms with Crippen molar-refractivity contribution in [1.82, 2.24) is 5.32 Å². The molecular formula is C3H4F2N2. The van der Waals surface area contributed by atoms with Gasteiger partial charge in [-0.15, -0.1) is 0 Å². The highest BCUT2D eigenvalue weighted by atomic mass is 19.3. The van der Waals surface area contributed by atoms with E-state index in [0.717, 1.165) is 6.21 Å². The van der Waals surface area contributed by atoms with Crippen LogP contribution in [0.3, 0.4) is 0 Å². The molecule has 1 aliphatic rings. The minimum absolute atomic E-state index is 0.174. The monoisotopic (exact) mass is 106 g/mol. The lowest BCUT2D eigenvalue weighted by atomic mass is 10.8. The summed E-state index contributed by atoms with van der Waals surface area (Å²) in [5, 5.41) is 1.84. The Morgan fingerprint density at radius 1 is 1.71 bits per heavy atom. The summed E-state index contributed by atoms with van der Waals surface area (Å²) in [6.45, 7) is 0.174. The molecule has 2 nitrogen and oxygen atoms in total. The lowest BCUT2D eigenvalue weighted by molar-refractivity contribution is -0.0113. The molecule has 0 saturated carbocycles. The van der Waals surface area contributed by atoms with E-state index in [-0.39, 0.29) is 6.54 Å². The second-order valence-corrected chi connectivity index (χ2v) is 1.23. The van der Waals surface area contributed by atoms with Crippen LogP contribution in [0.5, 0.6) is 0 Å². The normalized spacial score (nSPS) is 26.0. The minimum Gasteiger partial charge on any atom is -0.232 e. The smallest absolute Gasteiger partial charge is 0.232 e. The van der Waals surface area contributed by atoms with Crippen molar-refractivity contribution in [3.8, 4) is 0 Å². The second-order valence-electron chi connectivity index (χ2n) is 1.23. The van der Waals surface area contributed by atoms with Gasteiger partial charge in [0.2, 0.25) is 0 Å². The van der Waals surface area contributed by atoms with Gasteiger partial charge >= 0.3 is 6.17 Å². The first-order valence-electron chi connectivity index (χ1n) is 1.87. The molecule has 1 N–H and O–H groups in total. The fourth-order valence-electron chi connectivity index (χ4n) is 0.374. The Labute approximate surface area is 39.2 Å². The lowest BCUT2D eigenvalue weighted by Gasteiger charge is -2.01. The van der Waals surface area contributed by atoms with Crippen molar-refractivity contribution >= 4 is 6.21 Å². The Morgan fingerprint density at radius 2 is 2.43 bits per heavy atom. The topological polar surface area (TPSA) is 24.4 Å². The van der Waals surface area contributed by atoms with Gasteiger partial charge in [0.05, 0.1) is 0 Å². The number of nitrogens with one attached hydrogen (secondary N) is 1. The van der Waals surface area contributed by atoms with Gasteiger partial charge in [-0.25, -0.2) is 10.3 Å². The van der Waals surface area contributed by atoms with E-state index in [1.165, 1.54) is 0 Å². The molecule has 0 atom stereocenters. The number of aliphatic imine (C=N–C) groups is 1. The molecule has 0 unspecified atom stereocenters. The molecule has 1 heterocycles. The number of alkyl halides is 2. The van der Waals surface area contributed by atoms with Gasteiger partial charge in [0.1, 0.15) is 0 Å². The van der Waals surface area contributed by atoms with E-state index < -0.39 is 6.17 Å². The average molecular weight is 106 g/mol. The number of halogens is 2. The first kappa shape index (κ1) is 4.64. The van der Waals surface area contributed by atoms with Crippen LogP contribution in [0, 0.1) is 0 Å². The first-order chi connectivity index (χ1) is 3.21. The maximum absolute atomic E-state index is 11.6. The molecule has 4 heteroatoms. The molecule has 0 aliphatic carbocycles. The number of nitrogens with zero attached hydrogens (tertiary/aromatic N) is 1. The zero-order valence-corrected chi connectivity index (χ0v) is 3.49. The van der Waals surface area contributed by atoms with E-state index >= 15 is 0 Å². The van der Waals surface area contributed by atoms with Gasteiger partial charge in [-0.05, 0) is 0 Å². The minimum atomic E-state index is -2.99. The summed E-state index contributed by atoms with van der Waals surface area (Å²) in [5.74, 6) is 0. The van der Waals surface area contributed by atoms with Crippen molar-refractivity contribution in [2.24, 2.45) is 4.99 Å². The summed E-state index contributed by atoms with van der Waals surface area (Å²) >= 11 is 0. The van der Waals surface area contributed by atoms with Gasteiger partial charge in [-0.2, -0.15) is 8.78 Å². The Kier molecular flexibility index (Phi) is 0.815. The average Bonchev–Trinajstić information content (AvgIpc) is 1.84. The summed E-state index contributed by atoms with van der Waals surface area (Å²) in [7, 11) is 0. The van der Waals surface area contributed by atoms with Crippen LogP contribution in [0.4, 0.5) is 8.78 Å². The summed E-state index contributed by atoms with van der Waals surface area (Å²) in [5.41, 5.74) is 0. The zero-order valence-electron chi connectivity index (χ0n) is 3.49. The van der Waals surface area contributed by atoms with E-state index in [4.69, 9.17) is 0 Å². The van der Waals surface area contributed by atoms with E-state index in [1.807, 2.05) is 5.32 Å². The molecule has 0 amide bonds. The molecule has 1 rings (SSSR count). The predicted molar refractivity (Wildman–Crippen MR) is 21.4 cm³/mol. The SMILES string of the molecule is FC1(F)N=CCN1. The van der Waals surface area contributed by atoms with Crippen molar-refractivity contribution < 1.29 is 8.78 Å². The molecular weight excluding hydrogens is 102 g/mol. The van der Waals surface area contributed by atoms with Gasteiger partial charge in [-0.3, -0.25) is 0 Å². The van der Waals surface area contributed by atoms with Crippen LogP contribution in [0.15, 0.2) is 4.99 Å². The van der Waals surface area contributed by atoms with Gasteiger partial charge in [0.25, 0.3) is 0 Å². The quantitative estimate of drug-likeness (QED) is 0.438. The molecule has 40 valence electrons. The summed E-state index contributed by atoms with van der Waals surface area (Å²) in [6.07, 6.45) is -1.83. The maximum Gasteiger partial charge on any atom is 0.405 e. The van der Waals surface area contributed by atoms with Gasteiger partial charge in [-0.1, -0.05) is 0 Å². The number of rotatable bonds is 0. The number of hydrogen-bond donors (Lipinski definition) is 1. The van der Waals surface area contributed by atoms with E-state index in [9.17, 15) is 8.78 Å². The van der Waals surface area contributed by atoms with Crippen LogP contribution in [-0.4, -0.2) is 18.9 Å². The Hall–Kier alpha value is -0.510. The van der Waals surface area contributed by atoms with Crippen LogP contribution in [0.2, 0.25) is 0 Å². The van der Waals surface area contributed by atoms with Crippen LogP contribution >= 0.6 is 0 Å². The molecule has 7 heavy (non-hydrogen) atoms. The van der Waals surface area contributed by atoms with Gasteiger partial charge in [0, 0.05) is 12.8 Å². The third-order valence-corrected chi connectivity index (χ3v) is 0.659. The third-order valence-electron chi connectivity index (χ3n) is 0.659. The highest BCUT2D eigenvalue weighted by Crippen LogP contribution is 2.11. The van der Waals surface area contributed by atoms with E-state index in [2.05, 4.69) is 4.99 Å². The van der Waals surface area contributed by atoms with Crippen LogP contribution < -0.4 is 5.32 Å². The van der Waals surface area contributed by atoms with Crippen molar-refractivity contribution in [2.75, 3.05) is 6.54 Å². The third kappa shape index (κ3) is 0.928. The van der Waals surface area contributed by atoms with Crippen molar-refractivity contribution in [3.63, 3.8) is 0 Å². The second kappa shape index (κ2) is 1.23. The molecule has 0 saturated heterocycles. The Morgan fingerprint density at radius 3 is 2.57 bits per heavy atom. The maximum atomic E-state index is 11.6. The summed E-state index contributed by atoms with van der Waals surface area (Å²) < 4.78 is 23.3. The molecule has 1 aliphatic heterocycles. The fraction of sp³-hybridized carbons (Fsp3) is 0.667.